The molecule has 3 rings (SSSR count). The van der Waals surface area contributed by atoms with Crippen LogP contribution in [0.2, 0.25) is 0 Å². The van der Waals surface area contributed by atoms with Crippen molar-refractivity contribution in [3.63, 3.8) is 0 Å². The van der Waals surface area contributed by atoms with Crippen LogP contribution in [0.15, 0.2) is 51.8 Å². The predicted octanol–water partition coefficient (Wildman–Crippen LogP) is 5.92. The van der Waals surface area contributed by atoms with E-state index < -0.39 is 17.4 Å². The topological polar surface area (TPSA) is 106 Å². The highest BCUT2D eigenvalue weighted by molar-refractivity contribution is 5.82. The molecule has 9 nitrogen and oxygen atoms in total. The van der Waals surface area contributed by atoms with E-state index in [1.807, 2.05) is 6.92 Å². The molecule has 12 heteroatoms. The monoisotopic (exact) mass is 609 g/mol. The number of esters is 1. The van der Waals surface area contributed by atoms with Crippen LogP contribution >= 0.6 is 0 Å². The fourth-order valence-electron chi connectivity index (χ4n) is 4.02. The minimum Gasteiger partial charge on any atom is -0.475 e. The smallest absolute Gasteiger partial charge is 0.417 e. The van der Waals surface area contributed by atoms with Crippen LogP contribution < -0.4 is 10.4 Å². The third-order valence-electron chi connectivity index (χ3n) is 6.39. The van der Waals surface area contributed by atoms with Crippen LogP contribution in [-0.4, -0.2) is 63.8 Å². The van der Waals surface area contributed by atoms with Gasteiger partial charge in [0.1, 0.15) is 18.8 Å². The van der Waals surface area contributed by atoms with Crippen LogP contribution in [0.25, 0.3) is 22.1 Å². The van der Waals surface area contributed by atoms with E-state index in [1.54, 1.807) is 0 Å². The van der Waals surface area contributed by atoms with Crippen LogP contribution in [0.1, 0.15) is 39.2 Å². The standard InChI is InChI=1S/C31H38F3NO8/c1-21(2)8-9-22(3)29(36)42-17-15-40-13-11-38-10-12-39-14-16-41-28-19-27-23(20-35-28)18-25(30(37)43-27)24-6-4-5-7-26(24)31(32,33)34/h4-7,18-22H,8-17H2,1-3H3. The summed E-state index contributed by atoms with van der Waals surface area (Å²) in [4.78, 5) is 28.6. The van der Waals surface area contributed by atoms with E-state index in [9.17, 15) is 22.8 Å². The summed E-state index contributed by atoms with van der Waals surface area (Å²) in [7, 11) is 0. The van der Waals surface area contributed by atoms with E-state index >= 15 is 0 Å². The first kappa shape index (κ1) is 34.0. The van der Waals surface area contributed by atoms with E-state index in [4.69, 9.17) is 28.1 Å². The number of rotatable bonds is 18. The molecule has 3 aromatic rings. The first-order chi connectivity index (χ1) is 20.6. The highest BCUT2D eigenvalue weighted by Crippen LogP contribution is 2.36. The summed E-state index contributed by atoms with van der Waals surface area (Å²) in [5.41, 5.74) is -2.17. The molecule has 1 unspecified atom stereocenters. The molecule has 0 radical (unpaired) electrons. The van der Waals surface area contributed by atoms with E-state index in [1.165, 1.54) is 36.5 Å². The van der Waals surface area contributed by atoms with Crippen molar-refractivity contribution in [1.82, 2.24) is 4.98 Å². The zero-order valence-electron chi connectivity index (χ0n) is 24.6. The summed E-state index contributed by atoms with van der Waals surface area (Å²) in [5.74, 6) is 0.414. The molecule has 0 aliphatic rings. The van der Waals surface area contributed by atoms with Gasteiger partial charge in [-0.15, -0.1) is 0 Å². The number of pyridine rings is 1. The molecular weight excluding hydrogens is 571 g/mol. The second-order valence-corrected chi connectivity index (χ2v) is 10.3. The number of nitrogens with zero attached hydrogens (tertiary/aromatic N) is 1. The van der Waals surface area contributed by atoms with Crippen molar-refractivity contribution in [3.8, 4) is 17.0 Å². The Morgan fingerprint density at radius 3 is 2.14 bits per heavy atom. The van der Waals surface area contributed by atoms with Gasteiger partial charge in [-0.25, -0.2) is 9.78 Å². The largest absolute Gasteiger partial charge is 0.475 e. The van der Waals surface area contributed by atoms with Crippen molar-refractivity contribution in [2.75, 3.05) is 52.9 Å². The second kappa shape index (κ2) is 17.0. The molecule has 0 bridgehead atoms. The summed E-state index contributed by atoms with van der Waals surface area (Å²) in [6, 6.07) is 7.54. The normalized spacial score (nSPS) is 12.5. The van der Waals surface area contributed by atoms with Crippen LogP contribution in [0.4, 0.5) is 13.2 Å². The lowest BCUT2D eigenvalue weighted by Gasteiger charge is -2.13. The molecular formula is C31H38F3NO8. The van der Waals surface area contributed by atoms with Gasteiger partial charge in [-0.1, -0.05) is 45.4 Å². The third-order valence-corrected chi connectivity index (χ3v) is 6.39. The van der Waals surface area contributed by atoms with Gasteiger partial charge in [0.15, 0.2) is 0 Å². The minimum absolute atomic E-state index is 0.113. The van der Waals surface area contributed by atoms with E-state index in [0.29, 0.717) is 44.3 Å². The average molecular weight is 610 g/mol. The summed E-state index contributed by atoms with van der Waals surface area (Å²) in [6.45, 7) is 8.47. The molecule has 236 valence electrons. The number of hydrogen-bond donors (Lipinski definition) is 0. The predicted molar refractivity (Wildman–Crippen MR) is 153 cm³/mol. The van der Waals surface area contributed by atoms with E-state index in [0.717, 1.165) is 18.9 Å². The van der Waals surface area contributed by atoms with Crippen molar-refractivity contribution in [3.05, 3.63) is 58.6 Å². The Morgan fingerprint density at radius 2 is 1.49 bits per heavy atom. The van der Waals surface area contributed by atoms with Gasteiger partial charge in [-0.05, 0) is 24.5 Å². The Morgan fingerprint density at radius 1 is 0.860 bits per heavy atom. The first-order valence-corrected chi connectivity index (χ1v) is 14.2. The summed E-state index contributed by atoms with van der Waals surface area (Å²) in [6.07, 6.45) is -1.46. The lowest BCUT2D eigenvalue weighted by Crippen LogP contribution is -2.19. The minimum atomic E-state index is -4.62. The fourth-order valence-corrected chi connectivity index (χ4v) is 4.02. The third kappa shape index (κ3) is 11.3. The summed E-state index contributed by atoms with van der Waals surface area (Å²) >= 11 is 0. The molecule has 0 N–H and O–H groups in total. The van der Waals surface area contributed by atoms with Crippen molar-refractivity contribution in [1.29, 1.82) is 0 Å². The van der Waals surface area contributed by atoms with Crippen LogP contribution in [-0.2, 0) is 29.9 Å². The van der Waals surface area contributed by atoms with Gasteiger partial charge in [-0.2, -0.15) is 13.2 Å². The Bertz CT molecular complexity index is 1360. The lowest BCUT2D eigenvalue weighted by atomic mass is 10.00. The van der Waals surface area contributed by atoms with Gasteiger partial charge in [0.2, 0.25) is 5.88 Å². The molecule has 0 spiro atoms. The van der Waals surface area contributed by atoms with Gasteiger partial charge >= 0.3 is 17.8 Å². The number of ether oxygens (including phenoxy) is 5. The SMILES string of the molecule is CC(C)CCC(C)C(=O)OCCOCCOCCOCCOc1cc2oc(=O)c(-c3ccccc3C(F)(F)F)cc2cn1. The maximum atomic E-state index is 13.4. The maximum Gasteiger partial charge on any atom is 0.417 e. The molecule has 0 aliphatic heterocycles. The molecule has 2 aromatic heterocycles. The van der Waals surface area contributed by atoms with Crippen molar-refractivity contribution >= 4 is 16.9 Å². The van der Waals surface area contributed by atoms with Gasteiger partial charge in [0, 0.05) is 23.2 Å². The molecule has 2 heterocycles. The summed E-state index contributed by atoms with van der Waals surface area (Å²) < 4.78 is 72.5. The zero-order chi connectivity index (χ0) is 31.2. The first-order valence-electron chi connectivity index (χ1n) is 14.2. The van der Waals surface area contributed by atoms with Gasteiger partial charge < -0.3 is 28.1 Å². The zero-order valence-corrected chi connectivity index (χ0v) is 24.6. The van der Waals surface area contributed by atoms with Crippen LogP contribution in [0, 0.1) is 11.8 Å². The molecule has 0 fully saturated rings. The molecule has 0 saturated heterocycles. The van der Waals surface area contributed by atoms with Gasteiger partial charge in [0.25, 0.3) is 0 Å². The number of carbonyl (C=O) groups is 1. The number of halogens is 3. The number of alkyl halides is 3. The Kier molecular flexibility index (Phi) is 13.4. The highest BCUT2D eigenvalue weighted by atomic mass is 19.4. The average Bonchev–Trinajstić information content (AvgIpc) is 2.97. The second-order valence-electron chi connectivity index (χ2n) is 10.3. The maximum absolute atomic E-state index is 13.4. The molecule has 0 aliphatic carbocycles. The Balaban J connectivity index is 1.29. The van der Waals surface area contributed by atoms with E-state index in [-0.39, 0.29) is 54.3 Å². The summed E-state index contributed by atoms with van der Waals surface area (Å²) in [5, 5.41) is 0.351. The van der Waals surface area contributed by atoms with Crippen LogP contribution in [0.5, 0.6) is 5.88 Å². The fraction of sp³-hybridized carbons (Fsp3) is 0.516. The van der Waals surface area contributed by atoms with Gasteiger partial charge in [-0.3, -0.25) is 4.79 Å². The number of benzene rings is 1. The number of hydrogen-bond acceptors (Lipinski definition) is 9. The van der Waals surface area contributed by atoms with Crippen molar-refractivity contribution < 1.29 is 46.1 Å². The quantitative estimate of drug-likeness (QED) is 0.128. The molecule has 1 aromatic carbocycles. The number of fused-ring (bicyclic) bond motifs is 1. The number of aromatic nitrogens is 1. The lowest BCUT2D eigenvalue weighted by molar-refractivity contribution is -0.150. The molecule has 1 atom stereocenters. The van der Waals surface area contributed by atoms with Crippen LogP contribution in [0.3, 0.4) is 0 Å². The molecule has 43 heavy (non-hydrogen) atoms. The highest BCUT2D eigenvalue weighted by Gasteiger charge is 2.34. The van der Waals surface area contributed by atoms with Gasteiger partial charge in [0.05, 0.1) is 56.7 Å². The molecule has 0 amide bonds. The number of carbonyl (C=O) groups excluding carboxylic acids is 1. The van der Waals surface area contributed by atoms with Crippen molar-refractivity contribution in [2.45, 2.75) is 39.8 Å². The Labute approximate surface area is 248 Å². The molecule has 0 saturated carbocycles. The van der Waals surface area contributed by atoms with Crippen molar-refractivity contribution in [2.24, 2.45) is 11.8 Å². The van der Waals surface area contributed by atoms with E-state index in [2.05, 4.69) is 18.8 Å². The Hall–Kier alpha value is -3.48.